The standard InChI is InChI=1S/C14H7BrClNO3/c15-9-3-1-8(2-4-9)13(18)17-11-7-10(16)5-6-12(11)20-14(17)19/h1-7H. The molecule has 6 heteroatoms. The molecule has 2 aromatic carbocycles. The van der Waals surface area contributed by atoms with Crippen molar-refractivity contribution in [2.75, 3.05) is 0 Å². The van der Waals surface area contributed by atoms with Gasteiger partial charge in [-0.1, -0.05) is 27.5 Å². The van der Waals surface area contributed by atoms with Gasteiger partial charge in [0.1, 0.15) is 0 Å². The summed E-state index contributed by atoms with van der Waals surface area (Å²) in [5.41, 5.74) is 1.07. The van der Waals surface area contributed by atoms with E-state index in [1.807, 2.05) is 0 Å². The van der Waals surface area contributed by atoms with Crippen LogP contribution in [0.25, 0.3) is 11.1 Å². The minimum atomic E-state index is -0.727. The van der Waals surface area contributed by atoms with Crippen LogP contribution in [0.2, 0.25) is 5.02 Å². The van der Waals surface area contributed by atoms with Crippen molar-refractivity contribution in [2.45, 2.75) is 0 Å². The van der Waals surface area contributed by atoms with Crippen molar-refractivity contribution < 1.29 is 9.21 Å². The molecule has 0 aliphatic carbocycles. The molecule has 0 saturated heterocycles. The van der Waals surface area contributed by atoms with Crippen LogP contribution in [0.3, 0.4) is 0 Å². The van der Waals surface area contributed by atoms with E-state index >= 15 is 0 Å². The van der Waals surface area contributed by atoms with Gasteiger partial charge in [-0.25, -0.2) is 9.36 Å². The van der Waals surface area contributed by atoms with Crippen LogP contribution in [0.4, 0.5) is 0 Å². The summed E-state index contributed by atoms with van der Waals surface area (Å²) in [4.78, 5) is 24.3. The second-order valence-corrected chi connectivity index (χ2v) is 5.48. The van der Waals surface area contributed by atoms with Crippen molar-refractivity contribution in [3.8, 4) is 0 Å². The first-order valence-corrected chi connectivity index (χ1v) is 6.85. The summed E-state index contributed by atoms with van der Waals surface area (Å²) >= 11 is 9.19. The summed E-state index contributed by atoms with van der Waals surface area (Å²) in [6, 6.07) is 11.4. The molecule has 1 heterocycles. The second-order valence-electron chi connectivity index (χ2n) is 4.13. The van der Waals surface area contributed by atoms with E-state index in [4.69, 9.17) is 16.0 Å². The Balaban J connectivity index is 2.21. The third-order valence-electron chi connectivity index (χ3n) is 2.84. The lowest BCUT2D eigenvalue weighted by Crippen LogP contribution is -2.23. The Morgan fingerprint density at radius 2 is 1.85 bits per heavy atom. The number of carbonyl (C=O) groups excluding carboxylic acids is 1. The topological polar surface area (TPSA) is 52.2 Å². The number of rotatable bonds is 1. The highest BCUT2D eigenvalue weighted by atomic mass is 79.9. The third kappa shape index (κ3) is 2.19. The van der Waals surface area contributed by atoms with E-state index in [0.29, 0.717) is 21.7 Å². The molecule has 20 heavy (non-hydrogen) atoms. The molecule has 4 nitrogen and oxygen atoms in total. The summed E-state index contributed by atoms with van der Waals surface area (Å²) < 4.78 is 6.86. The highest BCUT2D eigenvalue weighted by Gasteiger charge is 2.17. The lowest BCUT2D eigenvalue weighted by Gasteiger charge is -2.01. The molecule has 0 saturated carbocycles. The van der Waals surface area contributed by atoms with Gasteiger partial charge in [0.25, 0.3) is 5.91 Å². The quantitative estimate of drug-likeness (QED) is 0.671. The fourth-order valence-electron chi connectivity index (χ4n) is 1.90. The zero-order valence-electron chi connectivity index (χ0n) is 9.97. The highest BCUT2D eigenvalue weighted by Crippen LogP contribution is 2.20. The van der Waals surface area contributed by atoms with Gasteiger partial charge in [-0.2, -0.15) is 0 Å². The summed E-state index contributed by atoms with van der Waals surface area (Å²) in [6.45, 7) is 0. The van der Waals surface area contributed by atoms with E-state index in [-0.39, 0.29) is 0 Å². The number of nitrogens with zero attached hydrogens (tertiary/aromatic N) is 1. The van der Waals surface area contributed by atoms with E-state index in [2.05, 4.69) is 15.9 Å². The lowest BCUT2D eigenvalue weighted by molar-refractivity contribution is 0.0956. The van der Waals surface area contributed by atoms with Crippen LogP contribution in [-0.2, 0) is 0 Å². The average molecular weight is 353 g/mol. The van der Waals surface area contributed by atoms with Gasteiger partial charge in [0.15, 0.2) is 5.58 Å². The van der Waals surface area contributed by atoms with Gasteiger partial charge in [-0.3, -0.25) is 4.79 Å². The Labute approximate surface area is 126 Å². The summed E-state index contributed by atoms with van der Waals surface area (Å²) in [5.74, 6) is -1.18. The van der Waals surface area contributed by atoms with E-state index in [0.717, 1.165) is 9.04 Å². The van der Waals surface area contributed by atoms with Gasteiger partial charge in [0.05, 0.1) is 5.52 Å². The van der Waals surface area contributed by atoms with Crippen molar-refractivity contribution in [3.63, 3.8) is 0 Å². The van der Waals surface area contributed by atoms with Crippen LogP contribution in [0.15, 0.2) is 56.1 Å². The number of halogens is 2. The van der Waals surface area contributed by atoms with Crippen LogP contribution >= 0.6 is 27.5 Å². The Hall–Kier alpha value is -1.85. The smallest absolute Gasteiger partial charge is 0.407 e. The maximum absolute atomic E-state index is 12.4. The first kappa shape index (κ1) is 13.1. The zero-order chi connectivity index (χ0) is 14.3. The lowest BCUT2D eigenvalue weighted by atomic mass is 10.2. The van der Waals surface area contributed by atoms with Crippen molar-refractivity contribution in [2.24, 2.45) is 0 Å². The van der Waals surface area contributed by atoms with Crippen LogP contribution in [-0.4, -0.2) is 10.5 Å². The average Bonchev–Trinajstić information content (AvgIpc) is 2.74. The number of oxazole rings is 1. The highest BCUT2D eigenvalue weighted by molar-refractivity contribution is 9.10. The molecule has 1 aromatic heterocycles. The monoisotopic (exact) mass is 351 g/mol. The molecule has 0 aliphatic heterocycles. The molecular formula is C14H7BrClNO3. The van der Waals surface area contributed by atoms with Crippen LogP contribution in [0.1, 0.15) is 10.4 Å². The molecule has 100 valence electrons. The van der Waals surface area contributed by atoms with Crippen LogP contribution < -0.4 is 5.76 Å². The SMILES string of the molecule is O=C(c1ccc(Br)cc1)n1c(=O)oc2ccc(Cl)cc21. The van der Waals surface area contributed by atoms with Gasteiger partial charge in [-0.05, 0) is 42.5 Å². The number of aromatic nitrogens is 1. The molecule has 0 fully saturated rings. The van der Waals surface area contributed by atoms with Crippen molar-refractivity contribution in [3.05, 3.63) is 68.1 Å². The largest absolute Gasteiger partial charge is 0.427 e. The minimum absolute atomic E-state index is 0.324. The molecule has 0 aliphatic rings. The molecule has 0 radical (unpaired) electrons. The second kappa shape index (κ2) is 4.92. The predicted molar refractivity (Wildman–Crippen MR) is 79.4 cm³/mol. The van der Waals surface area contributed by atoms with E-state index in [1.54, 1.807) is 36.4 Å². The molecular weight excluding hydrogens is 346 g/mol. The Morgan fingerprint density at radius 1 is 1.15 bits per heavy atom. The number of benzene rings is 2. The van der Waals surface area contributed by atoms with E-state index in [1.165, 1.54) is 6.07 Å². The molecule has 0 bridgehead atoms. The first-order chi connectivity index (χ1) is 9.56. The fraction of sp³-hybridized carbons (Fsp3) is 0. The molecule has 0 unspecified atom stereocenters. The maximum Gasteiger partial charge on any atom is 0.427 e. The van der Waals surface area contributed by atoms with E-state index in [9.17, 15) is 9.59 Å². The molecule has 3 aromatic rings. The molecule has 3 rings (SSSR count). The van der Waals surface area contributed by atoms with Crippen molar-refractivity contribution in [1.82, 2.24) is 4.57 Å². The summed E-state index contributed by atoms with van der Waals surface area (Å²) in [5, 5.41) is 0.427. The Kier molecular flexibility index (Phi) is 3.23. The van der Waals surface area contributed by atoms with Crippen molar-refractivity contribution >= 4 is 44.5 Å². The normalized spacial score (nSPS) is 10.9. The number of carbonyl (C=O) groups is 1. The Morgan fingerprint density at radius 3 is 2.55 bits per heavy atom. The summed E-state index contributed by atoms with van der Waals surface area (Å²) in [7, 11) is 0. The summed E-state index contributed by atoms with van der Waals surface area (Å²) in [6.07, 6.45) is 0. The predicted octanol–water partition coefficient (Wildman–Crippen LogP) is 3.70. The minimum Gasteiger partial charge on any atom is -0.407 e. The zero-order valence-corrected chi connectivity index (χ0v) is 12.3. The van der Waals surface area contributed by atoms with Crippen LogP contribution in [0, 0.1) is 0 Å². The number of hydrogen-bond acceptors (Lipinski definition) is 3. The number of fused-ring (bicyclic) bond motifs is 1. The van der Waals surface area contributed by atoms with E-state index < -0.39 is 11.7 Å². The molecule has 0 atom stereocenters. The Bertz CT molecular complexity index is 864. The maximum atomic E-state index is 12.4. The van der Waals surface area contributed by atoms with Gasteiger partial charge in [0, 0.05) is 15.1 Å². The fourth-order valence-corrected chi connectivity index (χ4v) is 2.33. The van der Waals surface area contributed by atoms with Gasteiger partial charge in [0.2, 0.25) is 0 Å². The van der Waals surface area contributed by atoms with Gasteiger partial charge < -0.3 is 4.42 Å². The van der Waals surface area contributed by atoms with Crippen molar-refractivity contribution in [1.29, 1.82) is 0 Å². The van der Waals surface area contributed by atoms with Gasteiger partial charge in [-0.15, -0.1) is 0 Å². The van der Waals surface area contributed by atoms with Crippen LogP contribution in [0.5, 0.6) is 0 Å². The third-order valence-corrected chi connectivity index (χ3v) is 3.60. The molecule has 0 spiro atoms. The molecule has 0 N–H and O–H groups in total. The molecule has 0 amide bonds. The first-order valence-electron chi connectivity index (χ1n) is 5.67. The van der Waals surface area contributed by atoms with Gasteiger partial charge >= 0.3 is 5.76 Å². The number of hydrogen-bond donors (Lipinski definition) is 0.